The minimum Gasteiger partial charge on any atom is -0.392 e. The molecule has 1 aliphatic heterocycles. The molecule has 3 atom stereocenters. The summed E-state index contributed by atoms with van der Waals surface area (Å²) in [5, 5.41) is 16.2. The molecule has 18 heavy (non-hydrogen) atoms. The maximum absolute atomic E-state index is 12.3. The number of rotatable bonds is 2. The molecule has 0 aromatic rings. The topological polar surface area (TPSA) is 61.4 Å². The van der Waals surface area contributed by atoms with Crippen molar-refractivity contribution < 1.29 is 9.90 Å². The molecule has 3 aliphatic rings. The number of carbonyl (C=O) groups excluding carboxylic acids is 1. The van der Waals surface area contributed by atoms with Crippen molar-refractivity contribution >= 4 is 5.91 Å². The Labute approximate surface area is 109 Å². The number of amides is 1. The predicted octanol–water partition coefficient (Wildman–Crippen LogP) is 0.652. The summed E-state index contributed by atoms with van der Waals surface area (Å²) in [5.74, 6) is 0.454. The van der Waals surface area contributed by atoms with Gasteiger partial charge in [-0.3, -0.25) is 4.79 Å². The van der Waals surface area contributed by atoms with Gasteiger partial charge < -0.3 is 15.7 Å². The van der Waals surface area contributed by atoms with Crippen LogP contribution < -0.4 is 10.6 Å². The summed E-state index contributed by atoms with van der Waals surface area (Å²) in [4.78, 5) is 12.3. The lowest BCUT2D eigenvalue weighted by molar-refractivity contribution is -0.131. The third-order valence-electron chi connectivity index (χ3n) is 5.64. The van der Waals surface area contributed by atoms with E-state index in [0.717, 1.165) is 32.4 Å². The smallest absolute Gasteiger partial charge is 0.223 e. The second kappa shape index (κ2) is 3.94. The van der Waals surface area contributed by atoms with Crippen LogP contribution in [0.25, 0.3) is 0 Å². The van der Waals surface area contributed by atoms with Crippen molar-refractivity contribution in [2.24, 2.45) is 16.7 Å². The van der Waals surface area contributed by atoms with Crippen LogP contribution in [0, 0.1) is 16.7 Å². The molecule has 2 aliphatic carbocycles. The minimum absolute atomic E-state index is 0.152. The second-order valence-corrected chi connectivity index (χ2v) is 7.00. The van der Waals surface area contributed by atoms with Gasteiger partial charge in [0.05, 0.1) is 6.10 Å². The van der Waals surface area contributed by atoms with Gasteiger partial charge in [0.15, 0.2) is 0 Å². The lowest BCUT2D eigenvalue weighted by Crippen LogP contribution is -2.61. The first kappa shape index (κ1) is 12.4. The van der Waals surface area contributed by atoms with Crippen molar-refractivity contribution in [3.05, 3.63) is 0 Å². The number of hydrogen-bond donors (Lipinski definition) is 3. The lowest BCUT2D eigenvalue weighted by atomic mass is 9.64. The van der Waals surface area contributed by atoms with E-state index in [0.29, 0.717) is 11.8 Å². The van der Waals surface area contributed by atoms with Crippen LogP contribution in [0.2, 0.25) is 0 Å². The Hall–Kier alpha value is -0.610. The van der Waals surface area contributed by atoms with Crippen LogP contribution in [0.4, 0.5) is 0 Å². The van der Waals surface area contributed by atoms with Crippen molar-refractivity contribution in [2.45, 2.75) is 51.7 Å². The lowest BCUT2D eigenvalue weighted by Gasteiger charge is -2.49. The Bertz CT molecular complexity index is 361. The summed E-state index contributed by atoms with van der Waals surface area (Å²) in [7, 11) is 0. The summed E-state index contributed by atoms with van der Waals surface area (Å²) >= 11 is 0. The van der Waals surface area contributed by atoms with Crippen molar-refractivity contribution in [1.82, 2.24) is 10.6 Å². The highest BCUT2D eigenvalue weighted by molar-refractivity contribution is 5.83. The number of piperidine rings is 1. The van der Waals surface area contributed by atoms with Crippen LogP contribution in [0.3, 0.4) is 0 Å². The number of nitrogens with one attached hydrogen (secondary N) is 2. The molecule has 1 heterocycles. The Morgan fingerprint density at radius 3 is 2.56 bits per heavy atom. The summed E-state index contributed by atoms with van der Waals surface area (Å²) in [5.41, 5.74) is 0.147. The fourth-order valence-corrected chi connectivity index (χ4v) is 3.62. The van der Waals surface area contributed by atoms with Gasteiger partial charge in [0, 0.05) is 17.4 Å². The molecule has 3 fully saturated rings. The molecular weight excluding hydrogens is 228 g/mol. The van der Waals surface area contributed by atoms with Gasteiger partial charge in [0.25, 0.3) is 0 Å². The average molecular weight is 252 g/mol. The zero-order chi connectivity index (χ0) is 13.0. The molecule has 0 radical (unpaired) electrons. The zero-order valence-corrected chi connectivity index (χ0v) is 11.3. The molecular formula is C14H24N2O2. The molecule has 4 heteroatoms. The van der Waals surface area contributed by atoms with Gasteiger partial charge in [-0.25, -0.2) is 0 Å². The van der Waals surface area contributed by atoms with Crippen molar-refractivity contribution in [1.29, 1.82) is 0 Å². The maximum atomic E-state index is 12.3. The van der Waals surface area contributed by atoms with E-state index in [-0.39, 0.29) is 29.4 Å². The molecule has 1 saturated heterocycles. The highest BCUT2D eigenvalue weighted by Gasteiger charge is 2.59. The SMILES string of the molecule is CC1(C)C(O)CC1NC(=O)C1CC12CCNCC2. The Balaban J connectivity index is 1.55. The molecule has 102 valence electrons. The van der Waals surface area contributed by atoms with Crippen LogP contribution in [-0.2, 0) is 4.79 Å². The third-order valence-corrected chi connectivity index (χ3v) is 5.64. The molecule has 3 rings (SSSR count). The van der Waals surface area contributed by atoms with Crippen molar-refractivity contribution in [3.63, 3.8) is 0 Å². The number of aliphatic hydroxyl groups excluding tert-OH is 1. The molecule has 2 saturated carbocycles. The van der Waals surface area contributed by atoms with Crippen LogP contribution >= 0.6 is 0 Å². The minimum atomic E-state index is -0.269. The Kier molecular flexibility index (Phi) is 2.72. The van der Waals surface area contributed by atoms with E-state index in [1.807, 2.05) is 13.8 Å². The normalized spacial score (nSPS) is 40.1. The van der Waals surface area contributed by atoms with Gasteiger partial charge in [-0.2, -0.15) is 0 Å². The summed E-state index contributed by atoms with van der Waals surface area (Å²) in [6.45, 7) is 6.16. The van der Waals surface area contributed by atoms with Crippen molar-refractivity contribution in [3.8, 4) is 0 Å². The van der Waals surface area contributed by atoms with Crippen LogP contribution in [0.5, 0.6) is 0 Å². The predicted molar refractivity (Wildman–Crippen MR) is 69.0 cm³/mol. The van der Waals surface area contributed by atoms with E-state index >= 15 is 0 Å². The molecule has 3 N–H and O–H groups in total. The summed E-state index contributed by atoms with van der Waals surface area (Å²) in [6, 6.07) is 0.152. The van der Waals surface area contributed by atoms with E-state index in [1.165, 1.54) is 0 Å². The van der Waals surface area contributed by atoms with Crippen molar-refractivity contribution in [2.75, 3.05) is 13.1 Å². The van der Waals surface area contributed by atoms with E-state index in [4.69, 9.17) is 0 Å². The molecule has 3 unspecified atom stereocenters. The Morgan fingerprint density at radius 1 is 1.33 bits per heavy atom. The number of hydrogen-bond acceptors (Lipinski definition) is 3. The van der Waals surface area contributed by atoms with Gasteiger partial charge in [0.2, 0.25) is 5.91 Å². The monoisotopic (exact) mass is 252 g/mol. The number of aliphatic hydroxyl groups is 1. The largest absolute Gasteiger partial charge is 0.392 e. The van der Waals surface area contributed by atoms with Gasteiger partial charge in [-0.05, 0) is 44.2 Å². The fourth-order valence-electron chi connectivity index (χ4n) is 3.62. The van der Waals surface area contributed by atoms with E-state index in [1.54, 1.807) is 0 Å². The standard InChI is InChI=1S/C14H24N2O2/c1-13(2)10(7-11(13)17)16-12(18)9-8-14(9)3-5-15-6-4-14/h9-11,15,17H,3-8H2,1-2H3,(H,16,18). The molecule has 0 aromatic carbocycles. The van der Waals surface area contributed by atoms with E-state index in [2.05, 4.69) is 10.6 Å². The highest BCUT2D eigenvalue weighted by Crippen LogP contribution is 2.58. The quantitative estimate of drug-likeness (QED) is 0.676. The molecule has 0 aromatic heterocycles. The first-order valence-corrected chi connectivity index (χ1v) is 7.15. The van der Waals surface area contributed by atoms with Gasteiger partial charge in [0.1, 0.15) is 0 Å². The fraction of sp³-hybridized carbons (Fsp3) is 0.929. The average Bonchev–Trinajstić information content (AvgIpc) is 3.03. The van der Waals surface area contributed by atoms with Gasteiger partial charge >= 0.3 is 0 Å². The summed E-state index contributed by atoms with van der Waals surface area (Å²) in [6.07, 6.45) is 3.79. The number of carbonyl (C=O) groups is 1. The van der Waals surface area contributed by atoms with E-state index in [9.17, 15) is 9.90 Å². The molecule has 4 nitrogen and oxygen atoms in total. The zero-order valence-electron chi connectivity index (χ0n) is 11.3. The first-order valence-electron chi connectivity index (χ1n) is 7.15. The van der Waals surface area contributed by atoms with Crippen LogP contribution in [0.1, 0.15) is 39.5 Å². The Morgan fingerprint density at radius 2 is 2.00 bits per heavy atom. The van der Waals surface area contributed by atoms with Gasteiger partial charge in [-0.15, -0.1) is 0 Å². The molecule has 1 spiro atoms. The maximum Gasteiger partial charge on any atom is 0.223 e. The second-order valence-electron chi connectivity index (χ2n) is 7.00. The first-order chi connectivity index (χ1) is 8.46. The van der Waals surface area contributed by atoms with Crippen LogP contribution in [0.15, 0.2) is 0 Å². The molecule has 1 amide bonds. The van der Waals surface area contributed by atoms with E-state index < -0.39 is 0 Å². The molecule has 0 bridgehead atoms. The third kappa shape index (κ3) is 1.77. The van der Waals surface area contributed by atoms with Gasteiger partial charge in [-0.1, -0.05) is 13.8 Å². The summed E-state index contributed by atoms with van der Waals surface area (Å²) < 4.78 is 0. The van der Waals surface area contributed by atoms with Crippen LogP contribution in [-0.4, -0.2) is 36.2 Å². The highest BCUT2D eigenvalue weighted by atomic mass is 16.3.